The van der Waals surface area contributed by atoms with E-state index in [0.29, 0.717) is 13.1 Å². The van der Waals surface area contributed by atoms with Gasteiger partial charge in [0.25, 0.3) is 0 Å². The Bertz CT molecular complexity index is 461. The minimum atomic E-state index is -0.0211. The number of carbonyl (C=O) groups is 2. The van der Waals surface area contributed by atoms with Crippen LogP contribution in [0.2, 0.25) is 0 Å². The Hall–Kier alpha value is -1.91. The van der Waals surface area contributed by atoms with E-state index < -0.39 is 0 Å². The van der Waals surface area contributed by atoms with Crippen molar-refractivity contribution >= 4 is 11.8 Å². The van der Waals surface area contributed by atoms with Gasteiger partial charge in [-0.15, -0.1) is 0 Å². The summed E-state index contributed by atoms with van der Waals surface area (Å²) in [5.74, 6) is 0.0336. The van der Waals surface area contributed by atoms with E-state index in [0.717, 1.165) is 25.1 Å². The number of pyridine rings is 1. The molecule has 0 aromatic carbocycles. The molecule has 0 atom stereocenters. The summed E-state index contributed by atoms with van der Waals surface area (Å²) < 4.78 is 0. The molecule has 2 amide bonds. The molecule has 0 saturated carbocycles. The molecule has 0 aliphatic carbocycles. The van der Waals surface area contributed by atoms with Gasteiger partial charge in [0, 0.05) is 31.5 Å². The third-order valence-electron chi connectivity index (χ3n) is 3.51. The molecule has 0 unspecified atom stereocenters. The van der Waals surface area contributed by atoms with E-state index in [1.165, 1.54) is 0 Å². The molecule has 1 aliphatic heterocycles. The van der Waals surface area contributed by atoms with Crippen LogP contribution in [0, 0.1) is 0 Å². The normalized spacial score (nSPS) is 15.6. The average Bonchev–Trinajstić information content (AvgIpc) is 2.47. The lowest BCUT2D eigenvalue weighted by Crippen LogP contribution is -2.52. The van der Waals surface area contributed by atoms with Crippen LogP contribution >= 0.6 is 0 Å². The van der Waals surface area contributed by atoms with Crippen molar-refractivity contribution in [3.63, 3.8) is 0 Å². The lowest BCUT2D eigenvalue weighted by molar-refractivity contribution is -0.145. The van der Waals surface area contributed by atoms with Crippen LogP contribution in [0.25, 0.3) is 0 Å². The first-order valence-corrected chi connectivity index (χ1v) is 7.16. The Morgan fingerprint density at radius 2 is 2.20 bits per heavy atom. The van der Waals surface area contributed by atoms with Gasteiger partial charge in [-0.1, -0.05) is 19.4 Å². The molecule has 5 heteroatoms. The van der Waals surface area contributed by atoms with Crippen LogP contribution in [0.4, 0.5) is 0 Å². The maximum atomic E-state index is 12.1. The van der Waals surface area contributed by atoms with Gasteiger partial charge >= 0.3 is 0 Å². The molecule has 1 aromatic rings. The molecule has 2 rings (SSSR count). The summed E-state index contributed by atoms with van der Waals surface area (Å²) >= 11 is 0. The maximum absolute atomic E-state index is 12.1. The van der Waals surface area contributed by atoms with Gasteiger partial charge < -0.3 is 9.80 Å². The topological polar surface area (TPSA) is 53.5 Å². The molecule has 0 bridgehead atoms. The van der Waals surface area contributed by atoms with Crippen LogP contribution in [0.15, 0.2) is 24.4 Å². The van der Waals surface area contributed by atoms with Crippen molar-refractivity contribution in [2.24, 2.45) is 0 Å². The predicted octanol–water partition coefficient (Wildman–Crippen LogP) is 1.09. The number of nitrogens with zero attached hydrogens (tertiary/aromatic N) is 3. The number of unbranched alkanes of at least 4 members (excludes halogenated alkanes) is 1. The fourth-order valence-electron chi connectivity index (χ4n) is 2.28. The third kappa shape index (κ3) is 3.79. The number of rotatable bonds is 5. The van der Waals surface area contributed by atoms with E-state index in [9.17, 15) is 9.59 Å². The first kappa shape index (κ1) is 14.5. The molecule has 1 saturated heterocycles. The van der Waals surface area contributed by atoms with Gasteiger partial charge in [0.1, 0.15) is 0 Å². The standard InChI is InChI=1S/C15H21N3O2/c1-2-3-8-17-9-10-18(12-15(17)20)14(19)11-13-6-4-5-7-16-13/h4-7H,2-3,8-12H2,1H3. The first-order valence-electron chi connectivity index (χ1n) is 7.16. The molecule has 0 radical (unpaired) electrons. The number of aromatic nitrogens is 1. The second-order valence-corrected chi connectivity index (χ2v) is 5.05. The third-order valence-corrected chi connectivity index (χ3v) is 3.51. The molecular weight excluding hydrogens is 254 g/mol. The highest BCUT2D eigenvalue weighted by atomic mass is 16.2. The molecule has 2 heterocycles. The molecule has 1 fully saturated rings. The Morgan fingerprint density at radius 3 is 2.85 bits per heavy atom. The zero-order chi connectivity index (χ0) is 14.4. The van der Waals surface area contributed by atoms with Crippen LogP contribution in [0.3, 0.4) is 0 Å². The minimum absolute atomic E-state index is 0.0211. The summed E-state index contributed by atoms with van der Waals surface area (Å²) in [5, 5.41) is 0. The fraction of sp³-hybridized carbons (Fsp3) is 0.533. The van der Waals surface area contributed by atoms with E-state index >= 15 is 0 Å². The summed E-state index contributed by atoms with van der Waals surface area (Å²) in [7, 11) is 0. The quantitative estimate of drug-likeness (QED) is 0.808. The SMILES string of the molecule is CCCCN1CCN(C(=O)Cc2ccccn2)CC1=O. The summed E-state index contributed by atoms with van der Waals surface area (Å²) in [5.41, 5.74) is 0.748. The number of hydrogen-bond acceptors (Lipinski definition) is 3. The summed E-state index contributed by atoms with van der Waals surface area (Å²) in [6.45, 7) is 4.39. The van der Waals surface area contributed by atoms with E-state index in [1.807, 2.05) is 23.1 Å². The Labute approximate surface area is 119 Å². The minimum Gasteiger partial charge on any atom is -0.339 e. The number of piperazine rings is 1. The molecular formula is C15H21N3O2. The molecule has 0 spiro atoms. The van der Waals surface area contributed by atoms with E-state index in [2.05, 4.69) is 11.9 Å². The largest absolute Gasteiger partial charge is 0.339 e. The van der Waals surface area contributed by atoms with Crippen LogP contribution in [-0.2, 0) is 16.0 Å². The number of hydrogen-bond donors (Lipinski definition) is 0. The second-order valence-electron chi connectivity index (χ2n) is 5.05. The van der Waals surface area contributed by atoms with Gasteiger partial charge in [0.2, 0.25) is 11.8 Å². The van der Waals surface area contributed by atoms with Gasteiger partial charge in [-0.2, -0.15) is 0 Å². The molecule has 1 aromatic heterocycles. The van der Waals surface area contributed by atoms with Crippen molar-refractivity contribution in [1.82, 2.24) is 14.8 Å². The lowest BCUT2D eigenvalue weighted by atomic mass is 10.2. The maximum Gasteiger partial charge on any atom is 0.242 e. The highest BCUT2D eigenvalue weighted by molar-refractivity contribution is 5.86. The fourth-order valence-corrected chi connectivity index (χ4v) is 2.28. The molecule has 0 N–H and O–H groups in total. The average molecular weight is 275 g/mol. The van der Waals surface area contributed by atoms with Crippen molar-refractivity contribution in [2.75, 3.05) is 26.2 Å². The zero-order valence-electron chi connectivity index (χ0n) is 11.9. The Balaban J connectivity index is 1.86. The molecule has 20 heavy (non-hydrogen) atoms. The van der Waals surface area contributed by atoms with Crippen LogP contribution in [-0.4, -0.2) is 52.8 Å². The van der Waals surface area contributed by atoms with Gasteiger partial charge in [0.15, 0.2) is 0 Å². The van der Waals surface area contributed by atoms with Gasteiger partial charge in [-0.25, -0.2) is 0 Å². The van der Waals surface area contributed by atoms with Crippen molar-refractivity contribution in [2.45, 2.75) is 26.2 Å². The van der Waals surface area contributed by atoms with Crippen molar-refractivity contribution < 1.29 is 9.59 Å². The molecule has 108 valence electrons. The van der Waals surface area contributed by atoms with Gasteiger partial charge in [-0.05, 0) is 18.6 Å². The van der Waals surface area contributed by atoms with Gasteiger partial charge in [-0.3, -0.25) is 14.6 Å². The monoisotopic (exact) mass is 275 g/mol. The number of amides is 2. The Kier molecular flexibility index (Phi) is 5.09. The number of carbonyl (C=O) groups excluding carboxylic acids is 2. The van der Waals surface area contributed by atoms with Gasteiger partial charge in [0.05, 0.1) is 13.0 Å². The van der Waals surface area contributed by atoms with Crippen molar-refractivity contribution in [3.8, 4) is 0 Å². The summed E-state index contributed by atoms with van der Waals surface area (Å²) in [4.78, 5) is 31.8. The first-order chi connectivity index (χ1) is 9.70. The zero-order valence-corrected chi connectivity index (χ0v) is 11.9. The smallest absolute Gasteiger partial charge is 0.242 e. The Morgan fingerprint density at radius 1 is 1.35 bits per heavy atom. The van der Waals surface area contributed by atoms with Crippen LogP contribution in [0.5, 0.6) is 0 Å². The highest BCUT2D eigenvalue weighted by Crippen LogP contribution is 2.07. The predicted molar refractivity (Wildman–Crippen MR) is 76.0 cm³/mol. The van der Waals surface area contributed by atoms with E-state index in [4.69, 9.17) is 0 Å². The summed E-state index contributed by atoms with van der Waals surface area (Å²) in [6, 6.07) is 5.52. The second kappa shape index (κ2) is 7.03. The summed E-state index contributed by atoms with van der Waals surface area (Å²) in [6.07, 6.45) is 4.04. The van der Waals surface area contributed by atoms with Crippen LogP contribution in [0.1, 0.15) is 25.5 Å². The molecule has 5 nitrogen and oxygen atoms in total. The van der Waals surface area contributed by atoms with E-state index in [1.54, 1.807) is 11.1 Å². The van der Waals surface area contributed by atoms with Crippen molar-refractivity contribution in [1.29, 1.82) is 0 Å². The van der Waals surface area contributed by atoms with Crippen LogP contribution < -0.4 is 0 Å². The highest BCUT2D eigenvalue weighted by Gasteiger charge is 2.26. The lowest BCUT2D eigenvalue weighted by Gasteiger charge is -2.34. The van der Waals surface area contributed by atoms with E-state index in [-0.39, 0.29) is 24.8 Å². The molecule has 1 aliphatic rings. The van der Waals surface area contributed by atoms with Crippen molar-refractivity contribution in [3.05, 3.63) is 30.1 Å².